The number of hydrogen-bond donors (Lipinski definition) is 1. The second-order valence-electron chi connectivity index (χ2n) is 5.63. The van der Waals surface area contributed by atoms with Crippen LogP contribution < -0.4 is 10.2 Å². The van der Waals surface area contributed by atoms with Gasteiger partial charge in [0.2, 0.25) is 0 Å². The number of anilines is 1. The summed E-state index contributed by atoms with van der Waals surface area (Å²) in [5.41, 5.74) is 2.44. The summed E-state index contributed by atoms with van der Waals surface area (Å²) in [4.78, 5) is 2.49. The van der Waals surface area contributed by atoms with Gasteiger partial charge in [-0.15, -0.1) is 0 Å². The minimum atomic E-state index is 0.674. The largest absolute Gasteiger partial charge is 0.370 e. The Kier molecular flexibility index (Phi) is 3.49. The second-order valence-corrected chi connectivity index (χ2v) is 6.04. The Balaban J connectivity index is 1.78. The van der Waals surface area contributed by atoms with Crippen molar-refractivity contribution in [2.24, 2.45) is 5.92 Å². The smallest absolute Gasteiger partial charge is 0.0455 e. The molecule has 0 spiro atoms. The van der Waals surface area contributed by atoms with Gasteiger partial charge < -0.3 is 10.2 Å². The van der Waals surface area contributed by atoms with E-state index in [4.69, 9.17) is 11.6 Å². The van der Waals surface area contributed by atoms with Gasteiger partial charge in [0.25, 0.3) is 0 Å². The van der Waals surface area contributed by atoms with E-state index in [1.54, 1.807) is 0 Å². The predicted octanol–water partition coefficient (Wildman–Crippen LogP) is 3.23. The van der Waals surface area contributed by atoms with Crippen molar-refractivity contribution in [2.75, 3.05) is 24.5 Å². The lowest BCUT2D eigenvalue weighted by Crippen LogP contribution is -2.39. The predicted molar refractivity (Wildman–Crippen MR) is 77.5 cm³/mol. The fourth-order valence-electron chi connectivity index (χ4n) is 2.78. The van der Waals surface area contributed by atoms with Crippen LogP contribution in [0.4, 0.5) is 5.69 Å². The highest BCUT2D eigenvalue weighted by Gasteiger charge is 2.33. The summed E-state index contributed by atoms with van der Waals surface area (Å²) in [6.45, 7) is 5.47. The first-order valence-electron chi connectivity index (χ1n) is 6.98. The van der Waals surface area contributed by atoms with Gasteiger partial charge in [-0.1, -0.05) is 17.7 Å². The molecule has 1 aliphatic carbocycles. The van der Waals surface area contributed by atoms with E-state index in [-0.39, 0.29) is 0 Å². The van der Waals surface area contributed by atoms with Gasteiger partial charge in [-0.2, -0.15) is 0 Å². The molecule has 2 aliphatic rings. The molecule has 0 radical (unpaired) electrons. The van der Waals surface area contributed by atoms with E-state index in [1.165, 1.54) is 24.9 Å². The molecule has 1 saturated carbocycles. The molecule has 1 aromatic carbocycles. The van der Waals surface area contributed by atoms with Crippen LogP contribution in [0.1, 0.15) is 24.8 Å². The standard InChI is InChI=1S/C15H21ClN2/c1-11-3-6-13(9-14(11)16)18-8-2-7-17-15(10-18)12-4-5-12/h3,6,9,12,15,17H,2,4-5,7-8,10H2,1H3. The molecular weight excluding hydrogens is 244 g/mol. The molecule has 1 unspecified atom stereocenters. The molecule has 1 atom stereocenters. The summed E-state index contributed by atoms with van der Waals surface area (Å²) in [5.74, 6) is 0.909. The maximum atomic E-state index is 6.24. The third-order valence-electron chi connectivity index (χ3n) is 4.14. The summed E-state index contributed by atoms with van der Waals surface area (Å²) >= 11 is 6.24. The van der Waals surface area contributed by atoms with E-state index in [2.05, 4.69) is 35.3 Å². The van der Waals surface area contributed by atoms with Crippen molar-refractivity contribution in [3.8, 4) is 0 Å². The van der Waals surface area contributed by atoms with Gasteiger partial charge in [-0.05, 0) is 56.3 Å². The first-order valence-corrected chi connectivity index (χ1v) is 7.36. The van der Waals surface area contributed by atoms with E-state index >= 15 is 0 Å². The third kappa shape index (κ3) is 2.65. The van der Waals surface area contributed by atoms with Crippen LogP contribution in [-0.4, -0.2) is 25.7 Å². The third-order valence-corrected chi connectivity index (χ3v) is 4.55. The normalized spacial score (nSPS) is 25.0. The van der Waals surface area contributed by atoms with E-state index in [0.717, 1.165) is 36.1 Å². The Morgan fingerprint density at radius 1 is 1.33 bits per heavy atom. The molecular formula is C15H21ClN2. The lowest BCUT2D eigenvalue weighted by molar-refractivity contribution is 0.490. The topological polar surface area (TPSA) is 15.3 Å². The van der Waals surface area contributed by atoms with Gasteiger partial charge in [0.15, 0.2) is 0 Å². The van der Waals surface area contributed by atoms with Crippen molar-refractivity contribution in [1.82, 2.24) is 5.32 Å². The van der Waals surface area contributed by atoms with E-state index in [0.29, 0.717) is 6.04 Å². The zero-order valence-corrected chi connectivity index (χ0v) is 11.7. The number of hydrogen-bond acceptors (Lipinski definition) is 2. The van der Waals surface area contributed by atoms with Crippen LogP contribution >= 0.6 is 11.6 Å². The van der Waals surface area contributed by atoms with Gasteiger partial charge >= 0.3 is 0 Å². The molecule has 0 amide bonds. The molecule has 2 nitrogen and oxygen atoms in total. The fraction of sp³-hybridized carbons (Fsp3) is 0.600. The van der Waals surface area contributed by atoms with Crippen LogP contribution in [0.2, 0.25) is 5.02 Å². The SMILES string of the molecule is Cc1ccc(N2CCCNC(C3CC3)C2)cc1Cl. The van der Waals surface area contributed by atoms with Crippen LogP contribution in [0.15, 0.2) is 18.2 Å². The number of halogens is 1. The Labute approximate surface area is 114 Å². The van der Waals surface area contributed by atoms with Crippen molar-refractivity contribution in [2.45, 2.75) is 32.2 Å². The monoisotopic (exact) mass is 264 g/mol. The summed E-state index contributed by atoms with van der Waals surface area (Å²) in [6.07, 6.45) is 4.02. The molecule has 1 aliphatic heterocycles. The van der Waals surface area contributed by atoms with Gasteiger partial charge in [-0.25, -0.2) is 0 Å². The molecule has 1 aromatic rings. The van der Waals surface area contributed by atoms with Crippen LogP contribution in [0.5, 0.6) is 0 Å². The highest BCUT2D eigenvalue weighted by atomic mass is 35.5. The van der Waals surface area contributed by atoms with E-state index in [9.17, 15) is 0 Å². The van der Waals surface area contributed by atoms with Crippen molar-refractivity contribution in [3.63, 3.8) is 0 Å². The van der Waals surface area contributed by atoms with Gasteiger partial charge in [0.1, 0.15) is 0 Å². The zero-order chi connectivity index (χ0) is 12.5. The lowest BCUT2D eigenvalue weighted by Gasteiger charge is -2.27. The maximum Gasteiger partial charge on any atom is 0.0455 e. The van der Waals surface area contributed by atoms with E-state index < -0.39 is 0 Å². The van der Waals surface area contributed by atoms with Crippen LogP contribution in [0, 0.1) is 12.8 Å². The van der Waals surface area contributed by atoms with Gasteiger partial charge in [0, 0.05) is 29.8 Å². The number of aryl methyl sites for hydroxylation is 1. The minimum Gasteiger partial charge on any atom is -0.370 e. The molecule has 3 rings (SSSR count). The number of nitrogens with zero attached hydrogens (tertiary/aromatic N) is 1. The molecule has 3 heteroatoms. The molecule has 18 heavy (non-hydrogen) atoms. The Morgan fingerprint density at radius 2 is 2.17 bits per heavy atom. The van der Waals surface area contributed by atoms with Crippen LogP contribution in [0.25, 0.3) is 0 Å². The minimum absolute atomic E-state index is 0.674. The zero-order valence-electron chi connectivity index (χ0n) is 11.0. The molecule has 0 bridgehead atoms. The summed E-state index contributed by atoms with van der Waals surface area (Å²) in [7, 11) is 0. The number of benzene rings is 1. The highest BCUT2D eigenvalue weighted by molar-refractivity contribution is 6.31. The Bertz CT molecular complexity index is 429. The summed E-state index contributed by atoms with van der Waals surface area (Å²) in [5, 5.41) is 4.58. The second kappa shape index (κ2) is 5.10. The van der Waals surface area contributed by atoms with Crippen molar-refractivity contribution in [1.29, 1.82) is 0 Å². The number of nitrogens with one attached hydrogen (secondary N) is 1. The van der Waals surface area contributed by atoms with Crippen molar-refractivity contribution in [3.05, 3.63) is 28.8 Å². The average molecular weight is 265 g/mol. The first kappa shape index (κ1) is 12.3. The molecule has 0 aromatic heterocycles. The van der Waals surface area contributed by atoms with Crippen LogP contribution in [-0.2, 0) is 0 Å². The van der Waals surface area contributed by atoms with Gasteiger partial charge in [0.05, 0.1) is 0 Å². The average Bonchev–Trinajstić information content (AvgIpc) is 3.16. The molecule has 1 heterocycles. The molecule has 1 saturated heterocycles. The van der Waals surface area contributed by atoms with Crippen LogP contribution in [0.3, 0.4) is 0 Å². The Hall–Kier alpha value is -0.730. The first-order chi connectivity index (χ1) is 8.74. The summed E-state index contributed by atoms with van der Waals surface area (Å²) < 4.78 is 0. The van der Waals surface area contributed by atoms with E-state index in [1.807, 2.05) is 0 Å². The maximum absolute atomic E-state index is 6.24. The molecule has 98 valence electrons. The fourth-order valence-corrected chi connectivity index (χ4v) is 2.95. The highest BCUT2D eigenvalue weighted by Crippen LogP contribution is 2.34. The summed E-state index contributed by atoms with van der Waals surface area (Å²) in [6, 6.07) is 7.12. The number of rotatable bonds is 2. The van der Waals surface area contributed by atoms with Crippen molar-refractivity contribution >= 4 is 17.3 Å². The van der Waals surface area contributed by atoms with Gasteiger partial charge in [-0.3, -0.25) is 0 Å². The lowest BCUT2D eigenvalue weighted by atomic mass is 10.1. The Morgan fingerprint density at radius 3 is 2.89 bits per heavy atom. The van der Waals surface area contributed by atoms with Crippen molar-refractivity contribution < 1.29 is 0 Å². The molecule has 1 N–H and O–H groups in total. The quantitative estimate of drug-likeness (QED) is 0.882. The molecule has 2 fully saturated rings.